The molecule has 2 saturated carbocycles. The third-order valence-corrected chi connectivity index (χ3v) is 3.80. The predicted molar refractivity (Wildman–Crippen MR) is 54.9 cm³/mol. The van der Waals surface area contributed by atoms with Crippen molar-refractivity contribution in [2.45, 2.75) is 24.7 Å². The quantitative estimate of drug-likeness (QED) is 0.430. The molecule has 5 heteroatoms. The first-order chi connectivity index (χ1) is 7.21. The molecule has 0 radical (unpaired) electrons. The molecule has 2 rings (SSSR count). The van der Waals surface area contributed by atoms with E-state index in [0.29, 0.717) is 12.5 Å². The normalized spacial score (nSPS) is 47.4. The summed E-state index contributed by atoms with van der Waals surface area (Å²) in [6.45, 7) is 0.614. The zero-order valence-electron chi connectivity index (χ0n) is 9.06. The molecule has 0 aromatic heterocycles. The second kappa shape index (κ2) is 3.73. The first kappa shape index (κ1) is 10.9. The smallest absolute Gasteiger partial charge is 0.101 e. The summed E-state index contributed by atoms with van der Waals surface area (Å²) in [5.74, 6) is 0.360. The third kappa shape index (κ3) is 1.38. The Morgan fingerprint density at radius 2 is 2.33 bits per heavy atom. The topological polar surface area (TPSA) is 74.6 Å². The van der Waals surface area contributed by atoms with Gasteiger partial charge in [0.05, 0.1) is 25.1 Å². The fraction of sp³-hybridized carbons (Fsp3) is 0.900. The van der Waals surface area contributed by atoms with Crippen molar-refractivity contribution in [2.75, 3.05) is 20.8 Å². The second-order valence-electron chi connectivity index (χ2n) is 4.46. The minimum atomic E-state index is -0.550. The molecule has 5 atom stereocenters. The fourth-order valence-corrected chi connectivity index (χ4v) is 3.13. The van der Waals surface area contributed by atoms with Gasteiger partial charge in [0, 0.05) is 19.6 Å². The molecule has 0 aromatic carbocycles. The molecule has 0 bridgehead atoms. The van der Waals surface area contributed by atoms with Crippen LogP contribution in [0.2, 0.25) is 0 Å². The molecule has 2 fully saturated rings. The van der Waals surface area contributed by atoms with Crippen LogP contribution in [-0.2, 0) is 9.47 Å². The molecule has 0 spiro atoms. The van der Waals surface area contributed by atoms with Gasteiger partial charge in [-0.3, -0.25) is 5.41 Å². The molecule has 0 heterocycles. The number of aliphatic hydroxyl groups excluding tert-OH is 1. The van der Waals surface area contributed by atoms with Crippen molar-refractivity contribution in [3.05, 3.63) is 0 Å². The number of hydrogen-bond donors (Lipinski definition) is 3. The highest BCUT2D eigenvalue weighted by atomic mass is 16.5. The van der Waals surface area contributed by atoms with Gasteiger partial charge in [-0.05, 0) is 12.3 Å². The van der Waals surface area contributed by atoms with Crippen molar-refractivity contribution in [3.63, 3.8) is 0 Å². The van der Waals surface area contributed by atoms with Gasteiger partial charge in [0.15, 0.2) is 0 Å². The Kier molecular flexibility index (Phi) is 2.70. The summed E-state index contributed by atoms with van der Waals surface area (Å²) in [6, 6.07) is -0.0670. The molecule has 0 aromatic rings. The summed E-state index contributed by atoms with van der Waals surface area (Å²) in [5.41, 5.74) is -0.0381. The van der Waals surface area contributed by atoms with E-state index in [9.17, 15) is 5.11 Å². The highest BCUT2D eigenvalue weighted by Crippen LogP contribution is 2.64. The van der Waals surface area contributed by atoms with Crippen molar-refractivity contribution >= 4 is 6.34 Å². The summed E-state index contributed by atoms with van der Waals surface area (Å²) in [4.78, 5) is 0. The van der Waals surface area contributed by atoms with Gasteiger partial charge in [0.25, 0.3) is 0 Å². The van der Waals surface area contributed by atoms with E-state index in [4.69, 9.17) is 14.9 Å². The highest BCUT2D eigenvalue weighted by Gasteiger charge is 2.71. The summed E-state index contributed by atoms with van der Waals surface area (Å²) in [5, 5.41) is 20.0. The van der Waals surface area contributed by atoms with Crippen LogP contribution in [0.1, 0.15) is 6.42 Å². The van der Waals surface area contributed by atoms with Crippen LogP contribution in [0.5, 0.6) is 0 Å². The summed E-state index contributed by atoms with van der Waals surface area (Å²) in [7, 11) is 3.29. The largest absolute Gasteiger partial charge is 0.388 e. The van der Waals surface area contributed by atoms with Gasteiger partial charge in [-0.15, -0.1) is 0 Å². The van der Waals surface area contributed by atoms with Crippen molar-refractivity contribution in [1.82, 2.24) is 5.32 Å². The molecule has 15 heavy (non-hydrogen) atoms. The highest BCUT2D eigenvalue weighted by molar-refractivity contribution is 5.51. The zero-order valence-corrected chi connectivity index (χ0v) is 9.06. The number of nitrogens with one attached hydrogen (secondary N) is 2. The van der Waals surface area contributed by atoms with Gasteiger partial charge in [0.1, 0.15) is 6.10 Å². The monoisotopic (exact) mass is 214 g/mol. The summed E-state index contributed by atoms with van der Waals surface area (Å²) < 4.78 is 10.6. The summed E-state index contributed by atoms with van der Waals surface area (Å²) in [6.07, 6.45) is 1.41. The lowest BCUT2D eigenvalue weighted by atomic mass is 10.00. The Bertz CT molecular complexity index is 261. The van der Waals surface area contributed by atoms with Crippen molar-refractivity contribution in [1.29, 1.82) is 5.41 Å². The molecule has 0 saturated heterocycles. The molecule has 5 nitrogen and oxygen atoms in total. The van der Waals surface area contributed by atoms with Crippen molar-refractivity contribution in [2.24, 2.45) is 11.3 Å². The first-order valence-corrected chi connectivity index (χ1v) is 5.16. The van der Waals surface area contributed by atoms with Gasteiger partial charge in [0.2, 0.25) is 0 Å². The van der Waals surface area contributed by atoms with E-state index in [1.165, 1.54) is 0 Å². The maximum absolute atomic E-state index is 10.0. The molecule has 2 aliphatic rings. The van der Waals surface area contributed by atoms with E-state index in [2.05, 4.69) is 5.32 Å². The van der Waals surface area contributed by atoms with E-state index in [0.717, 1.165) is 12.8 Å². The van der Waals surface area contributed by atoms with Crippen LogP contribution >= 0.6 is 0 Å². The van der Waals surface area contributed by atoms with Crippen molar-refractivity contribution < 1.29 is 14.6 Å². The number of rotatable bonds is 5. The number of methoxy groups -OCH3 is 2. The maximum atomic E-state index is 10.0. The van der Waals surface area contributed by atoms with Gasteiger partial charge in [-0.1, -0.05) is 0 Å². The SMILES string of the molecule is COC[C@]12C[C@@H]1[C@@H](NC=N)[C@H](O)[C@@H]2OC. The Morgan fingerprint density at radius 1 is 1.60 bits per heavy atom. The van der Waals surface area contributed by atoms with Crippen molar-refractivity contribution in [3.8, 4) is 0 Å². The lowest BCUT2D eigenvalue weighted by Gasteiger charge is -2.26. The molecule has 3 N–H and O–H groups in total. The van der Waals surface area contributed by atoms with Crippen LogP contribution < -0.4 is 5.32 Å². The summed E-state index contributed by atoms with van der Waals surface area (Å²) >= 11 is 0. The number of ether oxygens (including phenoxy) is 2. The van der Waals surface area contributed by atoms with Crippen LogP contribution in [0.3, 0.4) is 0 Å². The van der Waals surface area contributed by atoms with Gasteiger partial charge in [-0.25, -0.2) is 0 Å². The van der Waals surface area contributed by atoms with E-state index < -0.39 is 6.10 Å². The third-order valence-electron chi connectivity index (χ3n) is 3.80. The molecule has 86 valence electrons. The number of hydrogen-bond acceptors (Lipinski definition) is 4. The zero-order chi connectivity index (χ0) is 11.1. The first-order valence-electron chi connectivity index (χ1n) is 5.16. The van der Waals surface area contributed by atoms with E-state index in [1.54, 1.807) is 14.2 Å². The fourth-order valence-electron chi connectivity index (χ4n) is 3.13. The van der Waals surface area contributed by atoms with Gasteiger partial charge < -0.3 is 19.9 Å². The lowest BCUT2D eigenvalue weighted by Crippen LogP contribution is -2.44. The minimum absolute atomic E-state index is 0.0381. The molecular formula is C10H18N2O3. The molecule has 0 unspecified atom stereocenters. The van der Waals surface area contributed by atoms with Crippen LogP contribution in [0.15, 0.2) is 0 Å². The Morgan fingerprint density at radius 3 is 2.87 bits per heavy atom. The second-order valence-corrected chi connectivity index (χ2v) is 4.46. The standard InChI is InChI=1S/C10H18N2O3/c1-14-4-10-3-6(10)7(12-5-11)8(13)9(10)15-2/h5-9,13H,3-4H2,1-2H3,(H2,11,12)/t6-,7-,8+,9+,10-/m1/s1. The Labute approximate surface area is 89.3 Å². The van der Waals surface area contributed by atoms with E-state index in [1.807, 2.05) is 0 Å². The van der Waals surface area contributed by atoms with E-state index in [-0.39, 0.29) is 17.6 Å². The molecule has 0 aliphatic heterocycles. The van der Waals surface area contributed by atoms with Gasteiger partial charge in [-0.2, -0.15) is 0 Å². The van der Waals surface area contributed by atoms with Crippen LogP contribution in [0, 0.1) is 16.7 Å². The number of fused-ring (bicyclic) bond motifs is 1. The maximum Gasteiger partial charge on any atom is 0.101 e. The van der Waals surface area contributed by atoms with Crippen LogP contribution in [-0.4, -0.2) is 50.5 Å². The molecule has 0 amide bonds. The molecular weight excluding hydrogens is 196 g/mol. The minimum Gasteiger partial charge on any atom is -0.388 e. The average molecular weight is 214 g/mol. The number of aliphatic hydroxyl groups is 1. The van der Waals surface area contributed by atoms with E-state index >= 15 is 0 Å². The molecule has 2 aliphatic carbocycles. The Balaban J connectivity index is 2.13. The lowest BCUT2D eigenvalue weighted by molar-refractivity contribution is -0.0559. The van der Waals surface area contributed by atoms with Crippen LogP contribution in [0.4, 0.5) is 0 Å². The Hall–Kier alpha value is -0.650. The van der Waals surface area contributed by atoms with Crippen LogP contribution in [0.25, 0.3) is 0 Å². The van der Waals surface area contributed by atoms with Gasteiger partial charge >= 0.3 is 0 Å². The predicted octanol–water partition coefficient (Wildman–Crippen LogP) is -0.406. The average Bonchev–Trinajstić information content (AvgIpc) is 2.86.